The van der Waals surface area contributed by atoms with Gasteiger partial charge in [0.15, 0.2) is 0 Å². The second kappa shape index (κ2) is 11.5. The molecule has 3 rings (SSSR count). The fraction of sp³-hybridized carbons (Fsp3) is 0.568. The van der Waals surface area contributed by atoms with Crippen LogP contribution in [0.3, 0.4) is 0 Å². The van der Waals surface area contributed by atoms with Gasteiger partial charge in [-0.05, 0) is 82.6 Å². The first kappa shape index (κ1) is 36.8. The summed E-state index contributed by atoms with van der Waals surface area (Å²) in [6.45, 7) is 40.9. The zero-order chi connectivity index (χ0) is 34.8. The molecule has 1 heteroatoms. The quantitative estimate of drug-likeness (QED) is 0.213. The Morgan fingerprint density at radius 1 is 0.289 bits per heavy atom. The molecule has 3 aromatic rings. The second-order valence-electron chi connectivity index (χ2n) is 19.8. The number of carbonyl (C=O) groups excluding carboxylic acids is 1. The summed E-state index contributed by atoms with van der Waals surface area (Å²) in [6, 6.07) is 21.0. The van der Waals surface area contributed by atoms with Crippen LogP contribution in [0.1, 0.15) is 175 Å². The molecule has 0 aliphatic carbocycles. The summed E-state index contributed by atoms with van der Waals surface area (Å²) in [6.07, 6.45) is 1.25. The first-order chi connectivity index (χ1) is 20.0. The van der Waals surface area contributed by atoms with Gasteiger partial charge in [0.2, 0.25) is 0 Å². The lowest BCUT2D eigenvalue weighted by molar-refractivity contribution is -0.110. The molecule has 0 amide bonds. The molecule has 0 aromatic heterocycles. The third-order valence-electron chi connectivity index (χ3n) is 9.54. The fourth-order valence-corrected chi connectivity index (χ4v) is 5.87. The molecule has 0 N–H and O–H groups in total. The minimum atomic E-state index is -1.01. The molecule has 0 radical (unpaired) electrons. The highest BCUT2D eigenvalue weighted by atomic mass is 16.1. The normalized spacial score (nSPS) is 14.1. The molecule has 0 spiro atoms. The minimum absolute atomic E-state index is 0.0850. The summed E-state index contributed by atoms with van der Waals surface area (Å²) in [7, 11) is 0. The van der Waals surface area contributed by atoms with Gasteiger partial charge in [-0.25, -0.2) is 0 Å². The minimum Gasteiger partial charge on any atom is -0.302 e. The summed E-state index contributed by atoms with van der Waals surface area (Å²) < 4.78 is 0. The monoisotopic (exact) mass is 608 g/mol. The topological polar surface area (TPSA) is 17.1 Å². The Hall–Kier alpha value is -2.67. The van der Waals surface area contributed by atoms with Crippen LogP contribution in [0.25, 0.3) is 0 Å². The Balaban J connectivity index is 2.75. The average Bonchev–Trinajstić information content (AvgIpc) is 2.86. The standard InChI is InChI=1S/C44H64O/c1-38(2,3)29-19-30(39(4,5)6)23-35(22-29)44(28-45,36-24-31(40(7,8)9)20-32(25-36)41(10,11)12)37-26-33(42(13,14)15)21-34(27-37)43(16,17)18/h19-28H,1-18H3. The fourth-order valence-electron chi connectivity index (χ4n) is 5.87. The van der Waals surface area contributed by atoms with E-state index in [1.54, 1.807) is 0 Å². The van der Waals surface area contributed by atoms with Crippen LogP contribution in [0, 0.1) is 0 Å². The smallest absolute Gasteiger partial charge is 0.139 e. The number of hydrogen-bond donors (Lipinski definition) is 0. The number of hydrogen-bond acceptors (Lipinski definition) is 1. The van der Waals surface area contributed by atoms with Crippen molar-refractivity contribution in [3.8, 4) is 0 Å². The summed E-state index contributed by atoms with van der Waals surface area (Å²) in [5.74, 6) is 0. The lowest BCUT2D eigenvalue weighted by atomic mass is 9.64. The van der Waals surface area contributed by atoms with E-state index in [2.05, 4.69) is 179 Å². The van der Waals surface area contributed by atoms with Crippen molar-refractivity contribution >= 4 is 6.29 Å². The lowest BCUT2D eigenvalue weighted by Crippen LogP contribution is -2.35. The highest BCUT2D eigenvalue weighted by molar-refractivity contribution is 5.82. The molecule has 0 atom stereocenters. The number of aldehydes is 1. The van der Waals surface area contributed by atoms with Crippen molar-refractivity contribution in [3.05, 3.63) is 105 Å². The van der Waals surface area contributed by atoms with Crippen molar-refractivity contribution in [1.82, 2.24) is 0 Å². The van der Waals surface area contributed by atoms with Crippen LogP contribution >= 0.6 is 0 Å². The third-order valence-corrected chi connectivity index (χ3v) is 9.54. The Morgan fingerprint density at radius 3 is 0.533 bits per heavy atom. The summed E-state index contributed by atoms with van der Waals surface area (Å²) in [5, 5.41) is 0. The number of benzene rings is 3. The Labute approximate surface area is 277 Å². The summed E-state index contributed by atoms with van der Waals surface area (Å²) >= 11 is 0. The predicted molar refractivity (Wildman–Crippen MR) is 197 cm³/mol. The maximum absolute atomic E-state index is 14.4. The van der Waals surface area contributed by atoms with E-state index in [1.807, 2.05) is 0 Å². The molecule has 246 valence electrons. The number of rotatable bonds is 4. The maximum atomic E-state index is 14.4. The molecule has 0 aliphatic heterocycles. The van der Waals surface area contributed by atoms with Gasteiger partial charge >= 0.3 is 0 Å². The van der Waals surface area contributed by atoms with Crippen LogP contribution in [-0.4, -0.2) is 6.29 Å². The predicted octanol–water partition coefficient (Wildman–Crippen LogP) is 12.0. The van der Waals surface area contributed by atoms with Gasteiger partial charge < -0.3 is 4.79 Å². The van der Waals surface area contributed by atoms with Gasteiger partial charge in [-0.1, -0.05) is 179 Å². The Morgan fingerprint density at radius 2 is 0.422 bits per heavy atom. The van der Waals surface area contributed by atoms with Crippen molar-refractivity contribution in [3.63, 3.8) is 0 Å². The Kier molecular flexibility index (Phi) is 9.43. The van der Waals surface area contributed by atoms with E-state index >= 15 is 0 Å². The van der Waals surface area contributed by atoms with Gasteiger partial charge in [-0.15, -0.1) is 0 Å². The third kappa shape index (κ3) is 7.84. The van der Waals surface area contributed by atoms with Crippen LogP contribution in [-0.2, 0) is 42.7 Å². The molecule has 45 heavy (non-hydrogen) atoms. The van der Waals surface area contributed by atoms with Crippen LogP contribution in [0.15, 0.2) is 54.6 Å². The lowest BCUT2D eigenvalue weighted by Gasteiger charge is -2.37. The first-order valence-electron chi connectivity index (χ1n) is 17.0. The van der Waals surface area contributed by atoms with E-state index in [-0.39, 0.29) is 32.5 Å². The van der Waals surface area contributed by atoms with Gasteiger partial charge in [0.05, 0.1) is 0 Å². The zero-order valence-electron chi connectivity index (χ0n) is 32.2. The van der Waals surface area contributed by atoms with Gasteiger partial charge in [0, 0.05) is 0 Å². The molecule has 1 nitrogen and oxygen atoms in total. The van der Waals surface area contributed by atoms with Gasteiger partial charge in [-0.2, -0.15) is 0 Å². The largest absolute Gasteiger partial charge is 0.302 e. The highest BCUT2D eigenvalue weighted by Gasteiger charge is 2.41. The molecule has 0 saturated carbocycles. The van der Waals surface area contributed by atoms with E-state index in [0.29, 0.717) is 0 Å². The van der Waals surface area contributed by atoms with Crippen LogP contribution in [0.5, 0.6) is 0 Å². The van der Waals surface area contributed by atoms with E-state index in [4.69, 9.17) is 0 Å². The first-order valence-corrected chi connectivity index (χ1v) is 17.0. The van der Waals surface area contributed by atoms with Crippen LogP contribution in [0.4, 0.5) is 0 Å². The van der Waals surface area contributed by atoms with Gasteiger partial charge in [0.25, 0.3) is 0 Å². The highest BCUT2D eigenvalue weighted by Crippen LogP contribution is 2.46. The van der Waals surface area contributed by atoms with Gasteiger partial charge in [0.1, 0.15) is 11.7 Å². The molecule has 0 heterocycles. The van der Waals surface area contributed by atoms with Crippen LogP contribution < -0.4 is 0 Å². The van der Waals surface area contributed by atoms with Crippen molar-refractivity contribution < 1.29 is 4.79 Å². The van der Waals surface area contributed by atoms with E-state index < -0.39 is 5.41 Å². The summed E-state index contributed by atoms with van der Waals surface area (Å²) in [5.41, 5.74) is 9.14. The van der Waals surface area contributed by atoms with Crippen molar-refractivity contribution in [2.45, 2.75) is 163 Å². The van der Waals surface area contributed by atoms with E-state index in [1.165, 1.54) is 39.7 Å². The molecular weight excluding hydrogens is 544 g/mol. The molecule has 0 saturated heterocycles. The zero-order valence-corrected chi connectivity index (χ0v) is 32.2. The molecule has 0 fully saturated rings. The van der Waals surface area contributed by atoms with E-state index in [9.17, 15) is 4.79 Å². The van der Waals surface area contributed by atoms with Crippen molar-refractivity contribution in [1.29, 1.82) is 0 Å². The molecular formula is C44H64O. The number of carbonyl (C=O) groups is 1. The SMILES string of the molecule is CC(C)(C)c1cc(C(C)(C)C)cc(C(C=O)(c2cc(C(C)(C)C)cc(C(C)(C)C)c2)c2cc(C(C)(C)C)cc(C(C)(C)C)c2)c1. The van der Waals surface area contributed by atoms with E-state index in [0.717, 1.165) is 16.7 Å². The van der Waals surface area contributed by atoms with Crippen molar-refractivity contribution in [2.75, 3.05) is 0 Å². The Bertz CT molecular complexity index is 1260. The molecule has 0 bridgehead atoms. The maximum Gasteiger partial charge on any atom is 0.139 e. The molecule has 0 aliphatic rings. The van der Waals surface area contributed by atoms with Crippen molar-refractivity contribution in [2.24, 2.45) is 0 Å². The molecule has 3 aromatic carbocycles. The average molecular weight is 609 g/mol. The second-order valence-corrected chi connectivity index (χ2v) is 19.8. The van der Waals surface area contributed by atoms with Crippen LogP contribution in [0.2, 0.25) is 0 Å². The molecule has 0 unspecified atom stereocenters. The summed E-state index contributed by atoms with van der Waals surface area (Å²) in [4.78, 5) is 14.4. The van der Waals surface area contributed by atoms with Gasteiger partial charge in [-0.3, -0.25) is 0 Å².